The summed E-state index contributed by atoms with van der Waals surface area (Å²) in [6, 6.07) is 6.09. The zero-order chi connectivity index (χ0) is 8.77. The Morgan fingerprint density at radius 2 is 1.71 bits per heavy atom. The number of sulfonamides is 1. The van der Waals surface area contributed by atoms with Gasteiger partial charge in [-0.25, -0.2) is 13.1 Å². The van der Waals surface area contributed by atoms with Crippen molar-refractivity contribution in [2.45, 2.75) is 4.90 Å². The number of carbonyl (C=O) groups is 1. The van der Waals surface area contributed by atoms with Gasteiger partial charge in [-0.3, -0.25) is 4.79 Å². The minimum atomic E-state index is -3.55. The fourth-order valence-corrected chi connectivity index (χ4v) is 2.29. The molecular formula is C7H11GeNO3SSe. The molecule has 1 heterocycles. The van der Waals surface area contributed by atoms with E-state index in [1.54, 1.807) is 12.1 Å². The first-order valence-electron chi connectivity index (χ1n) is 3.27. The van der Waals surface area contributed by atoms with Crippen molar-refractivity contribution in [3.63, 3.8) is 0 Å². The summed E-state index contributed by atoms with van der Waals surface area (Å²) < 4.78 is 24.2. The molecule has 0 radical (unpaired) electrons. The van der Waals surface area contributed by atoms with Crippen molar-refractivity contribution in [2.24, 2.45) is 0 Å². The summed E-state index contributed by atoms with van der Waals surface area (Å²) >= 11 is 0. The van der Waals surface area contributed by atoms with E-state index in [4.69, 9.17) is 0 Å². The second-order valence-electron chi connectivity index (χ2n) is 2.43. The quantitative estimate of drug-likeness (QED) is 0.543. The molecule has 1 amide bonds. The Hall–Kier alpha value is -0.298. The van der Waals surface area contributed by atoms with Crippen molar-refractivity contribution in [3.8, 4) is 0 Å². The minimum absolute atomic E-state index is 0. The Morgan fingerprint density at radius 3 is 2.29 bits per heavy atom. The Morgan fingerprint density at radius 1 is 1.14 bits per heavy atom. The van der Waals surface area contributed by atoms with Crippen LogP contribution >= 0.6 is 0 Å². The van der Waals surface area contributed by atoms with Gasteiger partial charge in [-0.1, -0.05) is 12.1 Å². The van der Waals surface area contributed by atoms with Crippen LogP contribution in [0.3, 0.4) is 0 Å². The van der Waals surface area contributed by atoms with E-state index in [9.17, 15) is 13.2 Å². The molecule has 2 rings (SSSR count). The first kappa shape index (κ1) is 13.7. The van der Waals surface area contributed by atoms with Crippen molar-refractivity contribution >= 4 is 50.6 Å². The average molecular weight is 341 g/mol. The normalized spacial score (nSPS) is 15.9. The van der Waals surface area contributed by atoms with Crippen LogP contribution in [0, 0.1) is 0 Å². The summed E-state index contributed by atoms with van der Waals surface area (Å²) in [5.74, 6) is -0.550. The van der Waals surface area contributed by atoms with Gasteiger partial charge in [0, 0.05) is 0 Å². The van der Waals surface area contributed by atoms with Crippen LogP contribution in [0.2, 0.25) is 0 Å². The molecule has 0 saturated carbocycles. The monoisotopic (exact) mass is 343 g/mol. The number of carbonyl (C=O) groups excluding carboxylic acids is 1. The molecule has 14 heavy (non-hydrogen) atoms. The molecule has 0 spiro atoms. The number of fused-ring (bicyclic) bond motifs is 1. The van der Waals surface area contributed by atoms with Crippen LogP contribution in [0.1, 0.15) is 10.4 Å². The van der Waals surface area contributed by atoms with Gasteiger partial charge in [0.1, 0.15) is 4.90 Å². The Balaban J connectivity index is 0.000000845. The Bertz CT molecular complexity index is 460. The number of nitrogens with one attached hydrogen (secondary N) is 1. The molecule has 1 aliphatic rings. The zero-order valence-electron chi connectivity index (χ0n) is 6.44. The molecule has 4 nitrogen and oxygen atoms in total. The van der Waals surface area contributed by atoms with Gasteiger partial charge in [0.25, 0.3) is 15.9 Å². The number of hydrogen-bond acceptors (Lipinski definition) is 3. The maximum absolute atomic E-state index is 11.1. The molecule has 7 heteroatoms. The molecule has 0 saturated heterocycles. The van der Waals surface area contributed by atoms with E-state index in [2.05, 4.69) is 0 Å². The average Bonchev–Trinajstić information content (AvgIpc) is 2.25. The summed E-state index contributed by atoms with van der Waals surface area (Å²) in [6.07, 6.45) is 0. The molecule has 0 bridgehead atoms. The molecule has 1 aromatic rings. The fourth-order valence-electron chi connectivity index (χ4n) is 1.12. The van der Waals surface area contributed by atoms with Gasteiger partial charge in [0.05, 0.1) is 5.56 Å². The summed E-state index contributed by atoms with van der Waals surface area (Å²) in [5, 5.41) is 0. The van der Waals surface area contributed by atoms with E-state index in [1.807, 2.05) is 4.72 Å². The molecule has 1 aliphatic heterocycles. The number of hydrogen-bond donors (Lipinski definition) is 1. The summed E-state index contributed by atoms with van der Waals surface area (Å²) in [5.41, 5.74) is 0.220. The molecule has 0 unspecified atom stereocenters. The molecule has 0 fully saturated rings. The maximum atomic E-state index is 11.1. The molecule has 0 aliphatic carbocycles. The molecule has 1 aromatic carbocycles. The SMILES string of the molecule is O=C1NS(=O)(=O)c2ccccc21.[GeH4].[SeH2]. The zero-order valence-corrected chi connectivity index (χ0v) is 9.36. The van der Waals surface area contributed by atoms with Crippen LogP contribution in [0.5, 0.6) is 0 Å². The van der Waals surface area contributed by atoms with Crippen LogP contribution in [-0.2, 0) is 10.0 Å². The first-order chi connectivity index (χ1) is 5.61. The van der Waals surface area contributed by atoms with Crippen LogP contribution in [0.15, 0.2) is 29.2 Å². The third-order valence-electron chi connectivity index (χ3n) is 1.65. The fraction of sp³-hybridized carbons (Fsp3) is 0. The van der Waals surface area contributed by atoms with Crippen molar-refractivity contribution in [2.75, 3.05) is 0 Å². The summed E-state index contributed by atoms with van der Waals surface area (Å²) in [6.45, 7) is 0. The van der Waals surface area contributed by atoms with Crippen molar-refractivity contribution in [1.82, 2.24) is 4.72 Å². The molecular weight excluding hydrogens is 330 g/mol. The third-order valence-corrected chi connectivity index (χ3v) is 3.04. The van der Waals surface area contributed by atoms with Crippen molar-refractivity contribution in [3.05, 3.63) is 29.8 Å². The Kier molecular flexibility index (Phi) is 4.39. The van der Waals surface area contributed by atoms with Gasteiger partial charge < -0.3 is 0 Å². The van der Waals surface area contributed by atoms with Gasteiger partial charge in [-0.2, -0.15) is 0 Å². The van der Waals surface area contributed by atoms with Gasteiger partial charge in [0.15, 0.2) is 0 Å². The number of rotatable bonds is 0. The summed E-state index contributed by atoms with van der Waals surface area (Å²) in [4.78, 5) is 11.1. The second-order valence-corrected chi connectivity index (χ2v) is 4.08. The van der Waals surface area contributed by atoms with Crippen LogP contribution < -0.4 is 4.72 Å². The predicted molar refractivity (Wildman–Crippen MR) is 61.0 cm³/mol. The van der Waals surface area contributed by atoms with Gasteiger partial charge in [-0.05, 0) is 12.1 Å². The third kappa shape index (κ3) is 2.03. The molecule has 0 atom stereocenters. The van der Waals surface area contributed by atoms with E-state index in [-0.39, 0.29) is 45.1 Å². The van der Waals surface area contributed by atoms with Crippen molar-refractivity contribution < 1.29 is 13.2 Å². The van der Waals surface area contributed by atoms with Gasteiger partial charge >= 0.3 is 34.7 Å². The van der Waals surface area contributed by atoms with Crippen LogP contribution in [-0.4, -0.2) is 49.0 Å². The topological polar surface area (TPSA) is 63.2 Å². The molecule has 0 aromatic heterocycles. The van der Waals surface area contributed by atoms with E-state index in [0.29, 0.717) is 0 Å². The summed E-state index contributed by atoms with van der Waals surface area (Å²) in [7, 11) is -3.55. The van der Waals surface area contributed by atoms with Crippen LogP contribution in [0.4, 0.5) is 0 Å². The molecule has 1 N–H and O–H groups in total. The second kappa shape index (κ2) is 4.48. The van der Waals surface area contributed by atoms with E-state index in [1.165, 1.54) is 12.1 Å². The van der Waals surface area contributed by atoms with Gasteiger partial charge in [-0.15, -0.1) is 0 Å². The molecule has 78 valence electrons. The van der Waals surface area contributed by atoms with Crippen LogP contribution in [0.25, 0.3) is 0 Å². The number of benzene rings is 1. The van der Waals surface area contributed by atoms with E-state index in [0.717, 1.165) is 0 Å². The van der Waals surface area contributed by atoms with Gasteiger partial charge in [0.2, 0.25) is 0 Å². The first-order valence-corrected chi connectivity index (χ1v) is 4.76. The number of amides is 1. The van der Waals surface area contributed by atoms with E-state index >= 15 is 0 Å². The standard InChI is InChI=1S/C7H5NO3S.GeH4.H2Se/c9-7-5-3-1-2-4-6(5)12(10,11)8-7;;/h1-4H,(H,8,9);1H4;1H2. The Labute approximate surface area is 103 Å². The van der Waals surface area contributed by atoms with Crippen molar-refractivity contribution in [1.29, 1.82) is 0 Å². The van der Waals surface area contributed by atoms with E-state index < -0.39 is 15.9 Å². The predicted octanol–water partition coefficient (Wildman–Crippen LogP) is -2.25.